The Labute approximate surface area is 104 Å². The van der Waals surface area contributed by atoms with E-state index in [0.717, 1.165) is 17.1 Å². The molecule has 3 rings (SSSR count). The summed E-state index contributed by atoms with van der Waals surface area (Å²) >= 11 is 1.72. The van der Waals surface area contributed by atoms with E-state index in [1.54, 1.807) is 11.3 Å². The van der Waals surface area contributed by atoms with Crippen molar-refractivity contribution in [3.05, 3.63) is 35.2 Å². The lowest BCUT2D eigenvalue weighted by Crippen LogP contribution is -2.15. The molecule has 0 unspecified atom stereocenters. The molecule has 0 aliphatic carbocycles. The first-order chi connectivity index (χ1) is 8.36. The number of benzene rings is 1. The summed E-state index contributed by atoms with van der Waals surface area (Å²) in [6.45, 7) is 1.84. The quantitative estimate of drug-likeness (QED) is 0.887. The highest BCUT2D eigenvalue weighted by Gasteiger charge is 2.12. The van der Waals surface area contributed by atoms with Gasteiger partial charge in [-0.1, -0.05) is 0 Å². The van der Waals surface area contributed by atoms with Crippen molar-refractivity contribution in [2.75, 3.05) is 13.2 Å². The van der Waals surface area contributed by atoms with Crippen LogP contribution in [0.3, 0.4) is 0 Å². The lowest BCUT2D eigenvalue weighted by Gasteiger charge is -2.18. The molecule has 0 radical (unpaired) electrons. The van der Waals surface area contributed by atoms with Gasteiger partial charge >= 0.3 is 0 Å². The minimum atomic E-state index is 0.592. The van der Waals surface area contributed by atoms with E-state index in [1.165, 1.54) is 9.75 Å². The zero-order chi connectivity index (χ0) is 11.7. The van der Waals surface area contributed by atoms with Crippen LogP contribution in [0.1, 0.15) is 4.88 Å². The second-order valence-corrected chi connectivity index (χ2v) is 5.00. The summed E-state index contributed by atoms with van der Waals surface area (Å²) in [6, 6.07) is 10.2. The van der Waals surface area contributed by atoms with Gasteiger partial charge in [-0.15, -0.1) is 11.3 Å². The molecular weight excluding hydrogens is 234 g/mol. The molecule has 0 spiro atoms. The Bertz CT molecular complexity index is 536. The minimum Gasteiger partial charge on any atom is -0.486 e. The van der Waals surface area contributed by atoms with E-state index >= 15 is 0 Å². The molecule has 2 N–H and O–H groups in total. The lowest BCUT2D eigenvalue weighted by atomic mass is 10.1. The van der Waals surface area contributed by atoms with Crippen LogP contribution in [0.2, 0.25) is 0 Å². The van der Waals surface area contributed by atoms with Crippen molar-refractivity contribution in [1.82, 2.24) is 0 Å². The molecular formula is C13H13NO2S. The molecule has 88 valence electrons. The molecule has 0 saturated carbocycles. The minimum absolute atomic E-state index is 0.592. The average Bonchev–Trinajstić information content (AvgIpc) is 2.87. The van der Waals surface area contributed by atoms with Gasteiger partial charge in [0.15, 0.2) is 11.5 Å². The van der Waals surface area contributed by atoms with Gasteiger partial charge in [0.1, 0.15) is 13.2 Å². The highest BCUT2D eigenvalue weighted by atomic mass is 32.1. The third kappa shape index (κ3) is 2.01. The van der Waals surface area contributed by atoms with Gasteiger partial charge in [-0.3, -0.25) is 0 Å². The first-order valence-electron chi connectivity index (χ1n) is 5.55. The van der Waals surface area contributed by atoms with Crippen molar-refractivity contribution < 1.29 is 9.47 Å². The topological polar surface area (TPSA) is 44.5 Å². The molecule has 1 aromatic carbocycles. The van der Waals surface area contributed by atoms with E-state index in [4.69, 9.17) is 15.2 Å². The van der Waals surface area contributed by atoms with E-state index in [1.807, 2.05) is 12.1 Å². The highest BCUT2D eigenvalue weighted by Crippen LogP contribution is 2.36. The molecule has 0 bridgehead atoms. The number of hydrogen-bond donors (Lipinski definition) is 1. The highest BCUT2D eigenvalue weighted by molar-refractivity contribution is 7.15. The number of rotatable bonds is 2. The van der Waals surface area contributed by atoms with Crippen molar-refractivity contribution in [3.63, 3.8) is 0 Å². The van der Waals surface area contributed by atoms with Crippen molar-refractivity contribution >= 4 is 11.3 Å². The van der Waals surface area contributed by atoms with Gasteiger partial charge in [-0.05, 0) is 35.9 Å². The largest absolute Gasteiger partial charge is 0.486 e. The number of thiophene rings is 1. The maximum Gasteiger partial charge on any atom is 0.162 e. The zero-order valence-electron chi connectivity index (χ0n) is 9.31. The van der Waals surface area contributed by atoms with Crippen LogP contribution in [0.5, 0.6) is 11.5 Å². The molecule has 2 aromatic rings. The van der Waals surface area contributed by atoms with Crippen molar-refractivity contribution in [3.8, 4) is 21.9 Å². The van der Waals surface area contributed by atoms with Gasteiger partial charge in [0, 0.05) is 16.3 Å². The fraction of sp³-hybridized carbons (Fsp3) is 0.231. The predicted molar refractivity (Wildman–Crippen MR) is 68.6 cm³/mol. The van der Waals surface area contributed by atoms with Crippen LogP contribution in [0.15, 0.2) is 30.3 Å². The first-order valence-corrected chi connectivity index (χ1v) is 6.37. The van der Waals surface area contributed by atoms with Crippen LogP contribution in [0.4, 0.5) is 0 Å². The second-order valence-electron chi connectivity index (χ2n) is 3.83. The van der Waals surface area contributed by atoms with E-state index in [-0.39, 0.29) is 0 Å². The number of hydrogen-bond acceptors (Lipinski definition) is 4. The molecule has 17 heavy (non-hydrogen) atoms. The molecule has 1 aromatic heterocycles. The van der Waals surface area contributed by atoms with E-state index in [0.29, 0.717) is 19.8 Å². The van der Waals surface area contributed by atoms with Crippen LogP contribution < -0.4 is 15.2 Å². The third-order valence-electron chi connectivity index (χ3n) is 2.69. The SMILES string of the molecule is NCc1ccc(-c2ccc3c(c2)OCCO3)s1. The van der Waals surface area contributed by atoms with Gasteiger partial charge in [0.05, 0.1) is 0 Å². The lowest BCUT2D eigenvalue weighted by molar-refractivity contribution is 0.171. The first kappa shape index (κ1) is 10.6. The summed E-state index contributed by atoms with van der Waals surface area (Å²) in [5.74, 6) is 1.66. The molecule has 0 atom stereocenters. The van der Waals surface area contributed by atoms with Crippen molar-refractivity contribution in [2.45, 2.75) is 6.54 Å². The second kappa shape index (κ2) is 4.39. The van der Waals surface area contributed by atoms with Gasteiger partial charge in [-0.2, -0.15) is 0 Å². The van der Waals surface area contributed by atoms with Gasteiger partial charge in [-0.25, -0.2) is 0 Å². The zero-order valence-corrected chi connectivity index (χ0v) is 10.1. The standard InChI is InChI=1S/C13H13NO2S/c14-8-10-2-4-13(17-10)9-1-3-11-12(7-9)16-6-5-15-11/h1-4,7H,5-6,8,14H2. The number of fused-ring (bicyclic) bond motifs is 1. The molecule has 2 heterocycles. The van der Waals surface area contributed by atoms with Crippen LogP contribution in [0, 0.1) is 0 Å². The normalized spacial score (nSPS) is 13.7. The molecule has 0 amide bonds. The van der Waals surface area contributed by atoms with E-state index in [9.17, 15) is 0 Å². The van der Waals surface area contributed by atoms with Crippen molar-refractivity contribution in [2.24, 2.45) is 5.73 Å². The summed E-state index contributed by atoms with van der Waals surface area (Å²) in [6.07, 6.45) is 0. The van der Waals surface area contributed by atoms with Crippen LogP contribution in [-0.4, -0.2) is 13.2 Å². The monoisotopic (exact) mass is 247 g/mol. The summed E-state index contributed by atoms with van der Waals surface area (Å²) in [5.41, 5.74) is 6.77. The number of nitrogens with two attached hydrogens (primary N) is 1. The Balaban J connectivity index is 1.97. The van der Waals surface area contributed by atoms with Crippen LogP contribution in [-0.2, 0) is 6.54 Å². The molecule has 1 aliphatic heterocycles. The number of ether oxygens (including phenoxy) is 2. The Kier molecular flexibility index (Phi) is 2.74. The van der Waals surface area contributed by atoms with Gasteiger partial charge in [0.25, 0.3) is 0 Å². The van der Waals surface area contributed by atoms with E-state index < -0.39 is 0 Å². The van der Waals surface area contributed by atoms with Gasteiger partial charge < -0.3 is 15.2 Å². The summed E-state index contributed by atoms with van der Waals surface area (Å²) in [4.78, 5) is 2.40. The van der Waals surface area contributed by atoms with Crippen molar-refractivity contribution in [1.29, 1.82) is 0 Å². The smallest absolute Gasteiger partial charge is 0.162 e. The molecule has 0 fully saturated rings. The maximum absolute atomic E-state index is 5.62. The fourth-order valence-corrected chi connectivity index (χ4v) is 2.72. The average molecular weight is 247 g/mol. The summed E-state index contributed by atoms with van der Waals surface area (Å²) < 4.78 is 11.1. The Morgan fingerprint density at radius 1 is 1.06 bits per heavy atom. The van der Waals surface area contributed by atoms with Crippen LogP contribution in [0.25, 0.3) is 10.4 Å². The Morgan fingerprint density at radius 2 is 1.88 bits per heavy atom. The summed E-state index contributed by atoms with van der Waals surface area (Å²) in [5, 5.41) is 0. The molecule has 3 nitrogen and oxygen atoms in total. The molecule has 4 heteroatoms. The molecule has 1 aliphatic rings. The molecule has 0 saturated heterocycles. The maximum atomic E-state index is 5.62. The predicted octanol–water partition coefficient (Wildman–Crippen LogP) is 2.65. The van der Waals surface area contributed by atoms with Gasteiger partial charge in [0.2, 0.25) is 0 Å². The third-order valence-corrected chi connectivity index (χ3v) is 3.85. The van der Waals surface area contributed by atoms with E-state index in [2.05, 4.69) is 18.2 Å². The summed E-state index contributed by atoms with van der Waals surface area (Å²) in [7, 11) is 0. The fourth-order valence-electron chi connectivity index (χ4n) is 1.84. The Hall–Kier alpha value is -1.52. The Morgan fingerprint density at radius 3 is 2.65 bits per heavy atom. The van der Waals surface area contributed by atoms with Crippen LogP contribution >= 0.6 is 11.3 Å².